The van der Waals surface area contributed by atoms with Gasteiger partial charge in [0.15, 0.2) is 0 Å². The van der Waals surface area contributed by atoms with Crippen LogP contribution in [-0.2, 0) is 9.59 Å². The van der Waals surface area contributed by atoms with E-state index in [9.17, 15) is 9.59 Å². The summed E-state index contributed by atoms with van der Waals surface area (Å²) in [7, 11) is 1.99. The van der Waals surface area contributed by atoms with Crippen LogP contribution in [0.15, 0.2) is 12.2 Å². The van der Waals surface area contributed by atoms with Crippen molar-refractivity contribution in [2.24, 2.45) is 34.5 Å². The van der Waals surface area contributed by atoms with Crippen LogP contribution >= 0.6 is 11.8 Å². The number of fused-ring (bicyclic) bond motifs is 5. The zero-order valence-corrected chi connectivity index (χ0v) is 21.2. The molecule has 3 fully saturated rings. The van der Waals surface area contributed by atoms with E-state index in [1.54, 1.807) is 11.8 Å². The van der Waals surface area contributed by atoms with Gasteiger partial charge in [-0.05, 0) is 73.7 Å². The van der Waals surface area contributed by atoms with Gasteiger partial charge in [-0.1, -0.05) is 40.7 Å². The molecule has 0 unspecified atom stereocenters. The molecule has 0 bridgehead atoms. The Balaban J connectivity index is 1.43. The predicted octanol–water partition coefficient (Wildman–Crippen LogP) is 4.89. The van der Waals surface area contributed by atoms with E-state index in [0.29, 0.717) is 29.0 Å². The topological polar surface area (TPSA) is 49.4 Å². The number of hydrogen-bond acceptors (Lipinski definition) is 3. The molecule has 3 aliphatic carbocycles. The van der Waals surface area contributed by atoms with Crippen molar-refractivity contribution in [1.82, 2.24) is 10.2 Å². The van der Waals surface area contributed by atoms with Crippen molar-refractivity contribution in [3.8, 4) is 0 Å². The molecule has 7 atom stereocenters. The molecule has 1 N–H and O–H groups in total. The Morgan fingerprint density at radius 3 is 2.61 bits per heavy atom. The third kappa shape index (κ3) is 4.09. The number of thioether (sulfide) groups is 1. The Hall–Kier alpha value is -0.970. The number of nitrogens with one attached hydrogen (secondary N) is 1. The molecule has 0 aromatic heterocycles. The molecule has 4 rings (SSSR count). The summed E-state index contributed by atoms with van der Waals surface area (Å²) in [5.74, 6) is 3.69. The van der Waals surface area contributed by atoms with Crippen LogP contribution < -0.4 is 5.32 Å². The van der Waals surface area contributed by atoms with E-state index in [4.69, 9.17) is 0 Å². The lowest BCUT2D eigenvalue weighted by Crippen LogP contribution is -2.59. The molecule has 0 spiro atoms. The van der Waals surface area contributed by atoms with Crippen LogP contribution in [0.4, 0.5) is 0 Å². The van der Waals surface area contributed by atoms with Gasteiger partial charge < -0.3 is 10.2 Å². The third-order valence-corrected chi connectivity index (χ3v) is 10.8. The van der Waals surface area contributed by atoms with Gasteiger partial charge in [0, 0.05) is 29.8 Å². The molecule has 1 heterocycles. The average Bonchev–Trinajstić information content (AvgIpc) is 3.04. The molecular weight excluding hydrogens is 404 g/mol. The molecule has 3 saturated carbocycles. The second-order valence-electron chi connectivity index (χ2n) is 12.1. The third-order valence-electron chi connectivity index (χ3n) is 9.51. The maximum Gasteiger partial charge on any atom is 0.246 e. The zero-order valence-electron chi connectivity index (χ0n) is 20.4. The first-order valence-electron chi connectivity index (χ1n) is 12.3. The first kappa shape index (κ1) is 23.2. The van der Waals surface area contributed by atoms with E-state index in [2.05, 4.69) is 46.0 Å². The minimum Gasteiger partial charge on any atom is -0.355 e. The smallest absolute Gasteiger partial charge is 0.246 e. The van der Waals surface area contributed by atoms with Crippen LogP contribution in [0.1, 0.15) is 73.1 Å². The summed E-state index contributed by atoms with van der Waals surface area (Å²) in [4.78, 5) is 26.7. The molecule has 4 aliphatic rings. The van der Waals surface area contributed by atoms with E-state index in [1.807, 2.05) is 18.0 Å². The van der Waals surface area contributed by atoms with Crippen LogP contribution in [0.5, 0.6) is 0 Å². The summed E-state index contributed by atoms with van der Waals surface area (Å²) in [6, 6.07) is 0.354. The average molecular weight is 447 g/mol. The summed E-state index contributed by atoms with van der Waals surface area (Å²) in [5, 5.41) is 3.28. The van der Waals surface area contributed by atoms with Gasteiger partial charge in [-0.2, -0.15) is 0 Å². The summed E-state index contributed by atoms with van der Waals surface area (Å²) in [6.07, 6.45) is 11.5. The van der Waals surface area contributed by atoms with E-state index in [0.717, 1.165) is 24.8 Å². The fourth-order valence-electron chi connectivity index (χ4n) is 7.75. The molecule has 5 heteroatoms. The Labute approximate surface area is 193 Å². The highest BCUT2D eigenvalue weighted by Gasteiger charge is 2.60. The highest BCUT2D eigenvalue weighted by molar-refractivity contribution is 8.01. The van der Waals surface area contributed by atoms with Gasteiger partial charge >= 0.3 is 0 Å². The fraction of sp³-hybridized carbons (Fsp3) is 0.846. The van der Waals surface area contributed by atoms with Crippen LogP contribution in [0.3, 0.4) is 0 Å². The number of hydrogen-bond donors (Lipinski definition) is 1. The maximum atomic E-state index is 12.4. The predicted molar refractivity (Wildman–Crippen MR) is 129 cm³/mol. The Morgan fingerprint density at radius 2 is 1.90 bits per heavy atom. The van der Waals surface area contributed by atoms with Gasteiger partial charge in [-0.25, -0.2) is 0 Å². The minimum atomic E-state index is 0.114. The first-order valence-corrected chi connectivity index (χ1v) is 13.3. The largest absolute Gasteiger partial charge is 0.355 e. The SMILES string of the molecule is CN1C(=O)C=C[C@]2(C)[C@H]3CC[C@]4(C)[C@@H](CNC(=O)CSC(C)(C)C)CC[C@H]4[C@@H]3CC[C@@H]12. The molecule has 174 valence electrons. The van der Waals surface area contributed by atoms with Gasteiger partial charge in [0.25, 0.3) is 0 Å². The number of amides is 2. The molecule has 4 nitrogen and oxygen atoms in total. The van der Waals surface area contributed by atoms with E-state index in [1.165, 1.54) is 32.1 Å². The molecule has 0 aromatic rings. The van der Waals surface area contributed by atoms with Crippen molar-refractivity contribution in [1.29, 1.82) is 0 Å². The minimum absolute atomic E-state index is 0.114. The normalized spacial score (nSPS) is 42.1. The van der Waals surface area contributed by atoms with Crippen LogP contribution in [0.25, 0.3) is 0 Å². The van der Waals surface area contributed by atoms with Crippen molar-refractivity contribution in [3.05, 3.63) is 12.2 Å². The number of carbonyl (C=O) groups is 2. The van der Waals surface area contributed by atoms with E-state index >= 15 is 0 Å². The van der Waals surface area contributed by atoms with Gasteiger partial charge in [0.1, 0.15) is 0 Å². The molecule has 0 aromatic carbocycles. The van der Waals surface area contributed by atoms with Crippen molar-refractivity contribution >= 4 is 23.6 Å². The standard InChI is InChI=1S/C26H42N2O2S/c1-24(2,3)31-16-22(29)27-15-17-7-9-19-18-8-10-21-26(5,14-12-23(30)28(21)6)20(18)11-13-25(17,19)4/h12,14,17-21H,7-11,13,15-16H2,1-6H3,(H,27,29)/t17-,18+,19+,20+,21-,25-,26-/m1/s1. The van der Waals surface area contributed by atoms with Crippen molar-refractivity contribution in [3.63, 3.8) is 0 Å². The highest BCUT2D eigenvalue weighted by atomic mass is 32.2. The van der Waals surface area contributed by atoms with Gasteiger partial charge in [-0.15, -0.1) is 11.8 Å². The van der Waals surface area contributed by atoms with Crippen molar-refractivity contribution in [2.75, 3.05) is 19.3 Å². The lowest BCUT2D eigenvalue weighted by molar-refractivity contribution is -0.139. The van der Waals surface area contributed by atoms with Crippen molar-refractivity contribution in [2.45, 2.75) is 83.9 Å². The van der Waals surface area contributed by atoms with Gasteiger partial charge in [0.2, 0.25) is 11.8 Å². The summed E-state index contributed by atoms with van der Waals surface area (Å²) >= 11 is 1.72. The van der Waals surface area contributed by atoms with Gasteiger partial charge in [-0.3, -0.25) is 9.59 Å². The lowest BCUT2D eigenvalue weighted by atomic mass is 9.47. The number of carbonyl (C=O) groups excluding carboxylic acids is 2. The van der Waals surface area contributed by atoms with E-state index < -0.39 is 0 Å². The van der Waals surface area contributed by atoms with Crippen LogP contribution in [-0.4, -0.2) is 46.8 Å². The fourth-order valence-corrected chi connectivity index (χ4v) is 8.42. The molecule has 0 saturated heterocycles. The second kappa shape index (κ2) is 8.11. The Bertz CT molecular complexity index is 759. The van der Waals surface area contributed by atoms with E-state index in [-0.39, 0.29) is 22.0 Å². The molecule has 2 amide bonds. The molecular formula is C26H42N2O2S. The number of rotatable bonds is 4. The molecule has 1 aliphatic heterocycles. The van der Waals surface area contributed by atoms with Crippen LogP contribution in [0, 0.1) is 34.5 Å². The van der Waals surface area contributed by atoms with Gasteiger partial charge in [0.05, 0.1) is 5.75 Å². The second-order valence-corrected chi connectivity index (χ2v) is 13.9. The maximum absolute atomic E-state index is 12.4. The molecule has 31 heavy (non-hydrogen) atoms. The number of likely N-dealkylation sites (N-methyl/N-ethyl adjacent to an activating group) is 1. The Kier molecular flexibility index (Phi) is 6.07. The quantitative estimate of drug-likeness (QED) is 0.669. The summed E-state index contributed by atoms with van der Waals surface area (Å²) < 4.78 is 0.126. The van der Waals surface area contributed by atoms with Crippen molar-refractivity contribution < 1.29 is 9.59 Å². The highest BCUT2D eigenvalue weighted by Crippen LogP contribution is 2.65. The first-order chi connectivity index (χ1) is 14.5. The Morgan fingerprint density at radius 1 is 1.16 bits per heavy atom. The monoisotopic (exact) mass is 446 g/mol. The van der Waals surface area contributed by atoms with Crippen LogP contribution in [0.2, 0.25) is 0 Å². The lowest BCUT2D eigenvalue weighted by Gasteiger charge is -2.60. The summed E-state index contributed by atoms with van der Waals surface area (Å²) in [6.45, 7) is 12.3. The number of nitrogens with zero attached hydrogens (tertiary/aromatic N) is 1. The zero-order chi connectivity index (χ0) is 22.6. The molecule has 0 radical (unpaired) electrons. The summed E-state index contributed by atoms with van der Waals surface area (Å²) in [5.41, 5.74) is 0.457.